The molecule has 0 aliphatic carbocycles. The van der Waals surface area contributed by atoms with Crippen molar-refractivity contribution < 1.29 is 9.53 Å². The number of amides is 1. The number of carbonyl (C=O) groups is 1. The second kappa shape index (κ2) is 10.9. The summed E-state index contributed by atoms with van der Waals surface area (Å²) in [7, 11) is 1.63. The summed E-state index contributed by atoms with van der Waals surface area (Å²) >= 11 is 0. The van der Waals surface area contributed by atoms with Crippen molar-refractivity contribution in [2.45, 2.75) is 26.9 Å². The zero-order valence-corrected chi connectivity index (χ0v) is 16.2. The predicted molar refractivity (Wildman–Crippen MR) is 109 cm³/mol. The molecular formula is C21H28N4O2. The lowest BCUT2D eigenvalue weighted by molar-refractivity contribution is -0.120. The summed E-state index contributed by atoms with van der Waals surface area (Å²) in [5, 5.41) is 9.10. The highest BCUT2D eigenvalue weighted by atomic mass is 16.5. The molecule has 6 heteroatoms. The Kier molecular flexibility index (Phi) is 8.16. The van der Waals surface area contributed by atoms with Crippen molar-refractivity contribution in [2.75, 3.05) is 20.2 Å². The Labute approximate surface area is 161 Å². The van der Waals surface area contributed by atoms with E-state index in [1.807, 2.05) is 31.2 Å². The first-order valence-electron chi connectivity index (χ1n) is 9.08. The molecular weight excluding hydrogens is 340 g/mol. The Balaban J connectivity index is 1.80. The van der Waals surface area contributed by atoms with Crippen molar-refractivity contribution in [2.24, 2.45) is 4.99 Å². The van der Waals surface area contributed by atoms with Crippen molar-refractivity contribution in [3.63, 3.8) is 0 Å². The van der Waals surface area contributed by atoms with Gasteiger partial charge in [0.15, 0.2) is 5.96 Å². The minimum Gasteiger partial charge on any atom is -0.497 e. The van der Waals surface area contributed by atoms with E-state index in [1.165, 1.54) is 5.56 Å². The zero-order valence-electron chi connectivity index (χ0n) is 16.2. The van der Waals surface area contributed by atoms with Gasteiger partial charge in [0.05, 0.1) is 20.2 Å². The van der Waals surface area contributed by atoms with Crippen LogP contribution in [0.15, 0.2) is 53.5 Å². The molecule has 0 aliphatic rings. The quantitative estimate of drug-likeness (QED) is 0.494. The summed E-state index contributed by atoms with van der Waals surface area (Å²) in [5.74, 6) is 1.33. The van der Waals surface area contributed by atoms with Crippen LogP contribution in [-0.4, -0.2) is 32.1 Å². The van der Waals surface area contributed by atoms with Gasteiger partial charge in [0, 0.05) is 13.1 Å². The molecule has 0 aromatic heterocycles. The van der Waals surface area contributed by atoms with Crippen molar-refractivity contribution >= 4 is 11.9 Å². The maximum atomic E-state index is 12.1. The van der Waals surface area contributed by atoms with Gasteiger partial charge < -0.3 is 20.7 Å². The Morgan fingerprint density at radius 3 is 2.26 bits per heavy atom. The average molecular weight is 368 g/mol. The van der Waals surface area contributed by atoms with E-state index in [2.05, 4.69) is 52.1 Å². The van der Waals surface area contributed by atoms with Gasteiger partial charge in [0.25, 0.3) is 0 Å². The van der Waals surface area contributed by atoms with Gasteiger partial charge in [0.2, 0.25) is 5.91 Å². The normalized spacial score (nSPS) is 11.0. The maximum Gasteiger partial charge on any atom is 0.239 e. The lowest BCUT2D eigenvalue weighted by Gasteiger charge is -2.12. The number of hydrogen-bond acceptors (Lipinski definition) is 3. The van der Waals surface area contributed by atoms with Crippen LogP contribution in [-0.2, 0) is 17.9 Å². The monoisotopic (exact) mass is 368 g/mol. The Bertz CT molecular complexity index is 740. The third-order valence-electron chi connectivity index (χ3n) is 3.95. The molecule has 0 saturated carbocycles. The third-order valence-corrected chi connectivity index (χ3v) is 3.95. The van der Waals surface area contributed by atoms with Crippen molar-refractivity contribution in [1.29, 1.82) is 0 Å². The summed E-state index contributed by atoms with van der Waals surface area (Å²) in [6.07, 6.45) is 0. The van der Waals surface area contributed by atoms with E-state index in [1.54, 1.807) is 7.11 Å². The molecule has 2 rings (SSSR count). The highest BCUT2D eigenvalue weighted by Crippen LogP contribution is 2.10. The highest BCUT2D eigenvalue weighted by molar-refractivity contribution is 5.86. The number of nitrogens with zero attached hydrogens (tertiary/aromatic N) is 1. The number of rotatable bonds is 8. The van der Waals surface area contributed by atoms with Gasteiger partial charge in [-0.15, -0.1) is 0 Å². The van der Waals surface area contributed by atoms with Gasteiger partial charge in [-0.05, 0) is 37.1 Å². The molecule has 6 nitrogen and oxygen atoms in total. The molecule has 1 amide bonds. The minimum absolute atomic E-state index is 0.0910. The number of aryl methyl sites for hydroxylation is 1. The van der Waals surface area contributed by atoms with Gasteiger partial charge in [-0.1, -0.05) is 42.0 Å². The molecule has 0 saturated heterocycles. The Hall–Kier alpha value is -3.02. The maximum absolute atomic E-state index is 12.1. The Morgan fingerprint density at radius 1 is 0.963 bits per heavy atom. The highest BCUT2D eigenvalue weighted by Gasteiger charge is 2.04. The van der Waals surface area contributed by atoms with Crippen LogP contribution in [0.5, 0.6) is 5.75 Å². The van der Waals surface area contributed by atoms with Crippen LogP contribution in [0.3, 0.4) is 0 Å². The van der Waals surface area contributed by atoms with Crippen molar-refractivity contribution in [1.82, 2.24) is 16.0 Å². The van der Waals surface area contributed by atoms with Gasteiger partial charge in [-0.25, -0.2) is 4.99 Å². The molecule has 0 aliphatic heterocycles. The van der Waals surface area contributed by atoms with Gasteiger partial charge in [-0.2, -0.15) is 0 Å². The van der Waals surface area contributed by atoms with Crippen LogP contribution in [0.2, 0.25) is 0 Å². The van der Waals surface area contributed by atoms with E-state index in [-0.39, 0.29) is 12.5 Å². The summed E-state index contributed by atoms with van der Waals surface area (Å²) in [5.41, 5.74) is 3.37. The van der Waals surface area contributed by atoms with Crippen LogP contribution in [0, 0.1) is 6.92 Å². The van der Waals surface area contributed by atoms with Crippen LogP contribution >= 0.6 is 0 Å². The van der Waals surface area contributed by atoms with Gasteiger partial charge in [0.1, 0.15) is 5.75 Å². The number of benzene rings is 2. The minimum atomic E-state index is -0.0910. The van der Waals surface area contributed by atoms with Crippen LogP contribution in [0.1, 0.15) is 23.6 Å². The van der Waals surface area contributed by atoms with E-state index < -0.39 is 0 Å². The summed E-state index contributed by atoms with van der Waals surface area (Å²) in [6, 6.07) is 15.9. The standard InChI is InChI=1S/C21H28N4O2/c1-4-22-21(24-14-17-7-5-16(2)6-8-17)25-15-20(26)23-13-18-9-11-19(27-3)12-10-18/h5-12H,4,13-15H2,1-3H3,(H,23,26)(H2,22,24,25). The SMILES string of the molecule is CCNC(=NCc1ccc(C)cc1)NCC(=O)NCc1ccc(OC)cc1. The van der Waals surface area contributed by atoms with E-state index in [0.717, 1.165) is 23.4 Å². The first-order chi connectivity index (χ1) is 13.1. The summed E-state index contributed by atoms with van der Waals surface area (Å²) in [6.45, 7) is 5.98. The zero-order chi connectivity index (χ0) is 19.5. The molecule has 0 atom stereocenters. The van der Waals surface area contributed by atoms with Gasteiger partial charge in [-0.3, -0.25) is 4.79 Å². The molecule has 144 valence electrons. The van der Waals surface area contributed by atoms with Crippen LogP contribution in [0.25, 0.3) is 0 Å². The molecule has 0 radical (unpaired) electrons. The molecule has 0 unspecified atom stereocenters. The van der Waals surface area contributed by atoms with Crippen LogP contribution < -0.4 is 20.7 Å². The molecule has 3 N–H and O–H groups in total. The molecule has 0 bridgehead atoms. The number of aliphatic imine (C=N–C) groups is 1. The predicted octanol–water partition coefficient (Wildman–Crippen LogP) is 2.38. The molecule has 27 heavy (non-hydrogen) atoms. The third kappa shape index (κ3) is 7.40. The second-order valence-corrected chi connectivity index (χ2v) is 6.16. The molecule has 2 aromatic rings. The fraction of sp³-hybridized carbons (Fsp3) is 0.333. The van der Waals surface area contributed by atoms with Crippen molar-refractivity contribution in [3.05, 3.63) is 65.2 Å². The number of nitrogens with one attached hydrogen (secondary N) is 3. The first kappa shape index (κ1) is 20.3. The molecule has 0 fully saturated rings. The number of ether oxygens (including phenoxy) is 1. The molecule has 0 spiro atoms. The van der Waals surface area contributed by atoms with E-state index in [0.29, 0.717) is 19.0 Å². The average Bonchev–Trinajstić information content (AvgIpc) is 2.70. The smallest absolute Gasteiger partial charge is 0.239 e. The first-order valence-corrected chi connectivity index (χ1v) is 9.08. The Morgan fingerprint density at radius 2 is 1.63 bits per heavy atom. The lowest BCUT2D eigenvalue weighted by atomic mass is 10.1. The van der Waals surface area contributed by atoms with E-state index in [9.17, 15) is 4.79 Å². The number of hydrogen-bond donors (Lipinski definition) is 3. The number of carbonyl (C=O) groups excluding carboxylic acids is 1. The topological polar surface area (TPSA) is 74.8 Å². The molecule has 0 heterocycles. The van der Waals surface area contributed by atoms with Crippen molar-refractivity contribution in [3.8, 4) is 5.75 Å². The molecule has 2 aromatic carbocycles. The van der Waals surface area contributed by atoms with Crippen LogP contribution in [0.4, 0.5) is 0 Å². The second-order valence-electron chi connectivity index (χ2n) is 6.16. The van der Waals surface area contributed by atoms with Gasteiger partial charge >= 0.3 is 0 Å². The number of guanidine groups is 1. The summed E-state index contributed by atoms with van der Waals surface area (Å²) < 4.78 is 5.13. The lowest BCUT2D eigenvalue weighted by Crippen LogP contribution is -2.43. The summed E-state index contributed by atoms with van der Waals surface area (Å²) in [4.78, 5) is 16.6. The fourth-order valence-corrected chi connectivity index (χ4v) is 2.38. The van der Waals surface area contributed by atoms with E-state index >= 15 is 0 Å². The number of methoxy groups -OCH3 is 1. The largest absolute Gasteiger partial charge is 0.497 e. The fourth-order valence-electron chi connectivity index (χ4n) is 2.38. The van der Waals surface area contributed by atoms with E-state index in [4.69, 9.17) is 4.74 Å².